The van der Waals surface area contributed by atoms with Gasteiger partial charge in [0.05, 0.1) is 24.9 Å². The van der Waals surface area contributed by atoms with Crippen LogP contribution in [-0.2, 0) is 22.6 Å². The molecule has 0 unspecified atom stereocenters. The van der Waals surface area contributed by atoms with Crippen molar-refractivity contribution in [1.29, 1.82) is 0 Å². The molecule has 2 amide bonds. The van der Waals surface area contributed by atoms with Crippen LogP contribution < -0.4 is 5.32 Å². The molecule has 2 heterocycles. The first-order chi connectivity index (χ1) is 12.5. The third kappa shape index (κ3) is 3.62. The molecule has 0 radical (unpaired) electrons. The number of methoxy groups -OCH3 is 1. The molecule has 0 aliphatic carbocycles. The minimum absolute atomic E-state index is 0.0169. The predicted molar refractivity (Wildman–Crippen MR) is 97.7 cm³/mol. The summed E-state index contributed by atoms with van der Waals surface area (Å²) >= 11 is 0. The number of amides is 2. The smallest absolute Gasteiger partial charge is 0.258 e. The van der Waals surface area contributed by atoms with Gasteiger partial charge < -0.3 is 15.0 Å². The van der Waals surface area contributed by atoms with Crippen LogP contribution in [0.15, 0.2) is 36.7 Å². The molecule has 2 aromatic rings. The number of anilines is 1. The van der Waals surface area contributed by atoms with Gasteiger partial charge in [0.2, 0.25) is 5.91 Å². The number of fused-ring (bicyclic) bond motifs is 1. The fourth-order valence-corrected chi connectivity index (χ4v) is 3.22. The van der Waals surface area contributed by atoms with Crippen molar-refractivity contribution in [2.75, 3.05) is 19.0 Å². The van der Waals surface area contributed by atoms with Crippen LogP contribution in [0.3, 0.4) is 0 Å². The molecule has 3 rings (SSSR count). The Hall–Kier alpha value is -2.67. The van der Waals surface area contributed by atoms with Gasteiger partial charge in [-0.1, -0.05) is 32.0 Å². The number of carbonyl (C=O) groups excluding carboxylic acids is 2. The fourth-order valence-electron chi connectivity index (χ4n) is 3.22. The maximum atomic E-state index is 13.2. The van der Waals surface area contributed by atoms with E-state index in [1.807, 2.05) is 38.1 Å². The molecule has 0 saturated carbocycles. The summed E-state index contributed by atoms with van der Waals surface area (Å²) < 4.78 is 6.71. The lowest BCUT2D eigenvalue weighted by Crippen LogP contribution is -2.48. The second kappa shape index (κ2) is 7.70. The van der Waals surface area contributed by atoms with Crippen molar-refractivity contribution in [1.82, 2.24) is 14.7 Å². The molecule has 1 N–H and O–H groups in total. The number of hydrogen-bond acceptors (Lipinski definition) is 4. The average Bonchev–Trinajstić information content (AvgIpc) is 3.02. The first kappa shape index (κ1) is 18.1. The molecule has 0 bridgehead atoms. The summed E-state index contributed by atoms with van der Waals surface area (Å²) in [5.74, 6) is -0.374. The van der Waals surface area contributed by atoms with E-state index >= 15 is 0 Å². The van der Waals surface area contributed by atoms with Gasteiger partial charge in [0, 0.05) is 25.5 Å². The Morgan fingerprint density at radius 3 is 2.88 bits per heavy atom. The highest BCUT2D eigenvalue weighted by molar-refractivity contribution is 6.02. The molecule has 7 nitrogen and oxygen atoms in total. The highest BCUT2D eigenvalue weighted by atomic mass is 16.5. The number of hydrogen-bond donors (Lipinski definition) is 1. The predicted octanol–water partition coefficient (Wildman–Crippen LogP) is 2.15. The molecule has 1 aromatic heterocycles. The van der Waals surface area contributed by atoms with Gasteiger partial charge in [-0.2, -0.15) is 5.10 Å². The quantitative estimate of drug-likeness (QED) is 0.891. The maximum absolute atomic E-state index is 13.2. The molecule has 1 aliphatic heterocycles. The summed E-state index contributed by atoms with van der Waals surface area (Å²) in [4.78, 5) is 27.6. The number of nitrogens with one attached hydrogen (secondary N) is 1. The SMILES string of the molecule is COCCn1cc(C(=O)N2Cc3ccccc3NC(=O)[C@@H]2C(C)C)cn1. The molecule has 138 valence electrons. The number of ether oxygens (including phenoxy) is 1. The van der Waals surface area contributed by atoms with Crippen molar-refractivity contribution in [2.45, 2.75) is 33.0 Å². The van der Waals surface area contributed by atoms with Gasteiger partial charge in [-0.15, -0.1) is 0 Å². The first-order valence-electron chi connectivity index (χ1n) is 8.72. The third-order valence-electron chi connectivity index (χ3n) is 4.52. The lowest BCUT2D eigenvalue weighted by Gasteiger charge is -2.31. The Labute approximate surface area is 152 Å². The van der Waals surface area contributed by atoms with E-state index in [0.717, 1.165) is 11.3 Å². The normalized spacial score (nSPS) is 17.0. The summed E-state index contributed by atoms with van der Waals surface area (Å²) in [5, 5.41) is 7.17. The summed E-state index contributed by atoms with van der Waals surface area (Å²) in [6.07, 6.45) is 3.25. The zero-order valence-corrected chi connectivity index (χ0v) is 15.3. The second-order valence-corrected chi connectivity index (χ2v) is 6.75. The molecule has 0 saturated heterocycles. The number of carbonyl (C=O) groups is 2. The summed E-state index contributed by atoms with van der Waals surface area (Å²) in [7, 11) is 1.62. The van der Waals surface area contributed by atoms with Crippen LogP contribution in [-0.4, -0.2) is 46.3 Å². The molecule has 26 heavy (non-hydrogen) atoms. The van der Waals surface area contributed by atoms with E-state index in [4.69, 9.17) is 4.74 Å². The van der Waals surface area contributed by atoms with Crippen molar-refractivity contribution in [2.24, 2.45) is 5.92 Å². The number of aromatic nitrogens is 2. The van der Waals surface area contributed by atoms with E-state index in [9.17, 15) is 9.59 Å². The van der Waals surface area contributed by atoms with Crippen LogP contribution in [0.1, 0.15) is 29.8 Å². The highest BCUT2D eigenvalue weighted by Gasteiger charge is 2.36. The van der Waals surface area contributed by atoms with Crippen LogP contribution in [0.4, 0.5) is 5.69 Å². The van der Waals surface area contributed by atoms with Crippen molar-refractivity contribution in [3.8, 4) is 0 Å². The van der Waals surface area contributed by atoms with Crippen LogP contribution in [0.2, 0.25) is 0 Å². The molecular formula is C19H24N4O3. The van der Waals surface area contributed by atoms with Crippen LogP contribution in [0.25, 0.3) is 0 Å². The molecular weight excluding hydrogens is 332 g/mol. The van der Waals surface area contributed by atoms with Gasteiger partial charge >= 0.3 is 0 Å². The van der Waals surface area contributed by atoms with E-state index in [1.165, 1.54) is 0 Å². The zero-order chi connectivity index (χ0) is 18.7. The number of rotatable bonds is 5. The standard InChI is InChI=1S/C19H24N4O3/c1-13(2)17-18(24)21-16-7-5-4-6-14(16)12-23(17)19(25)15-10-20-22(11-15)8-9-26-3/h4-7,10-11,13,17H,8-9,12H2,1-3H3,(H,21,24)/t17-/m0/s1. The average molecular weight is 356 g/mol. The van der Waals surface area contributed by atoms with E-state index in [-0.39, 0.29) is 17.7 Å². The van der Waals surface area contributed by atoms with Gasteiger partial charge in [-0.05, 0) is 17.5 Å². The Kier molecular flexibility index (Phi) is 5.37. The minimum atomic E-state index is -0.544. The van der Waals surface area contributed by atoms with E-state index < -0.39 is 6.04 Å². The molecule has 1 atom stereocenters. The summed E-state index contributed by atoms with van der Waals surface area (Å²) in [6, 6.07) is 7.03. The van der Waals surface area contributed by atoms with Gasteiger partial charge in [-0.3, -0.25) is 14.3 Å². The monoisotopic (exact) mass is 356 g/mol. The number of benzene rings is 1. The lowest BCUT2D eigenvalue weighted by molar-refractivity contribution is -0.121. The van der Waals surface area contributed by atoms with E-state index in [2.05, 4.69) is 10.4 Å². The lowest BCUT2D eigenvalue weighted by atomic mass is 10.0. The van der Waals surface area contributed by atoms with Crippen molar-refractivity contribution in [3.05, 3.63) is 47.8 Å². The van der Waals surface area contributed by atoms with Gasteiger partial charge in [0.25, 0.3) is 5.91 Å². The number of nitrogens with zero attached hydrogens (tertiary/aromatic N) is 3. The second-order valence-electron chi connectivity index (χ2n) is 6.75. The highest BCUT2D eigenvalue weighted by Crippen LogP contribution is 2.27. The molecule has 7 heteroatoms. The van der Waals surface area contributed by atoms with Gasteiger partial charge in [-0.25, -0.2) is 0 Å². The Morgan fingerprint density at radius 1 is 1.38 bits per heavy atom. The molecule has 1 aromatic carbocycles. The van der Waals surface area contributed by atoms with Crippen LogP contribution in [0, 0.1) is 5.92 Å². The first-order valence-corrected chi connectivity index (χ1v) is 8.72. The third-order valence-corrected chi connectivity index (χ3v) is 4.52. The van der Waals surface area contributed by atoms with Crippen LogP contribution >= 0.6 is 0 Å². The largest absolute Gasteiger partial charge is 0.383 e. The van der Waals surface area contributed by atoms with Gasteiger partial charge in [0.15, 0.2) is 0 Å². The molecule has 0 fully saturated rings. The summed E-state index contributed by atoms with van der Waals surface area (Å²) in [5.41, 5.74) is 2.15. The Bertz CT molecular complexity index is 800. The molecule has 0 spiro atoms. The summed E-state index contributed by atoms with van der Waals surface area (Å²) in [6.45, 7) is 5.36. The molecule has 1 aliphatic rings. The van der Waals surface area contributed by atoms with Crippen molar-refractivity contribution < 1.29 is 14.3 Å². The van der Waals surface area contributed by atoms with Crippen molar-refractivity contribution in [3.63, 3.8) is 0 Å². The van der Waals surface area contributed by atoms with Crippen LogP contribution in [0.5, 0.6) is 0 Å². The van der Waals surface area contributed by atoms with Gasteiger partial charge in [0.1, 0.15) is 6.04 Å². The van der Waals surface area contributed by atoms with E-state index in [0.29, 0.717) is 25.3 Å². The minimum Gasteiger partial charge on any atom is -0.383 e. The Balaban J connectivity index is 1.92. The number of para-hydroxylation sites is 1. The zero-order valence-electron chi connectivity index (χ0n) is 15.3. The fraction of sp³-hybridized carbons (Fsp3) is 0.421. The maximum Gasteiger partial charge on any atom is 0.258 e. The van der Waals surface area contributed by atoms with Crippen molar-refractivity contribution >= 4 is 17.5 Å². The topological polar surface area (TPSA) is 76.5 Å². The van der Waals surface area contributed by atoms with E-state index in [1.54, 1.807) is 29.1 Å². The Morgan fingerprint density at radius 2 is 2.15 bits per heavy atom.